The second-order valence-electron chi connectivity index (χ2n) is 5.18. The summed E-state index contributed by atoms with van der Waals surface area (Å²) in [6, 6.07) is 4.07. The Morgan fingerprint density at radius 1 is 1.48 bits per heavy atom. The smallest absolute Gasteiger partial charge is 0.391 e. The molecule has 0 atom stereocenters. The van der Waals surface area contributed by atoms with Gasteiger partial charge in [-0.3, -0.25) is 0 Å². The Balaban J connectivity index is 1.72. The van der Waals surface area contributed by atoms with Crippen LogP contribution in [-0.2, 0) is 6.54 Å². The first-order valence-corrected chi connectivity index (χ1v) is 6.94. The van der Waals surface area contributed by atoms with Crippen LogP contribution in [0.15, 0.2) is 18.3 Å². The van der Waals surface area contributed by atoms with Crippen LogP contribution in [0.25, 0.3) is 0 Å². The van der Waals surface area contributed by atoms with Crippen molar-refractivity contribution in [3.05, 3.63) is 23.9 Å². The highest BCUT2D eigenvalue weighted by molar-refractivity contribution is 5.74. The summed E-state index contributed by atoms with van der Waals surface area (Å²) in [5.41, 5.74) is 0.699. The highest BCUT2D eigenvalue weighted by Crippen LogP contribution is 2.40. The van der Waals surface area contributed by atoms with E-state index in [1.807, 2.05) is 6.07 Å². The van der Waals surface area contributed by atoms with Crippen molar-refractivity contribution in [1.29, 1.82) is 5.26 Å². The fourth-order valence-corrected chi connectivity index (χ4v) is 2.17. The fraction of sp³-hybridized carbons (Fsp3) is 0.500. The Morgan fingerprint density at radius 3 is 2.87 bits per heavy atom. The maximum atomic E-state index is 12.3. The van der Waals surface area contributed by atoms with Crippen LogP contribution in [0.5, 0.6) is 5.88 Å². The molecule has 1 saturated carbocycles. The standard InChI is InChI=1S/C14H15F3N4O2/c15-14(16,17)10-6-11(7-10)21-13(22)20-8-9-1-3-19-12(5-9)23-4-2-18/h1,3,5,10-11H,4,6-8H2,(H2,20,21,22). The Hall–Kier alpha value is -2.50. The van der Waals surface area contributed by atoms with Gasteiger partial charge in [0.15, 0.2) is 6.61 Å². The Labute approximate surface area is 130 Å². The third-order valence-corrected chi connectivity index (χ3v) is 3.47. The molecule has 0 unspecified atom stereocenters. The predicted octanol–water partition coefficient (Wildman–Crippen LogP) is 2.12. The summed E-state index contributed by atoms with van der Waals surface area (Å²) in [6.45, 7) is 0.0408. The fourth-order valence-electron chi connectivity index (χ4n) is 2.17. The van der Waals surface area contributed by atoms with Crippen LogP contribution < -0.4 is 15.4 Å². The normalized spacial score (nSPS) is 20.1. The molecule has 0 aromatic carbocycles. The molecule has 0 saturated heterocycles. The predicted molar refractivity (Wildman–Crippen MR) is 73.3 cm³/mol. The number of nitrogens with zero attached hydrogens (tertiary/aromatic N) is 2. The SMILES string of the molecule is N#CCOc1cc(CNC(=O)NC2CC(C(F)(F)F)C2)ccn1. The van der Waals surface area contributed by atoms with Gasteiger partial charge in [0, 0.05) is 24.8 Å². The minimum Gasteiger partial charge on any atom is -0.462 e. The highest BCUT2D eigenvalue weighted by Gasteiger charge is 2.48. The summed E-state index contributed by atoms with van der Waals surface area (Å²) < 4.78 is 42.1. The van der Waals surface area contributed by atoms with Crippen LogP contribution in [-0.4, -0.2) is 29.8 Å². The van der Waals surface area contributed by atoms with Crippen molar-refractivity contribution in [1.82, 2.24) is 15.6 Å². The molecule has 23 heavy (non-hydrogen) atoms. The molecular formula is C14H15F3N4O2. The van der Waals surface area contributed by atoms with Crippen LogP contribution in [0.4, 0.5) is 18.0 Å². The van der Waals surface area contributed by atoms with E-state index in [1.165, 1.54) is 6.20 Å². The van der Waals surface area contributed by atoms with Crippen LogP contribution in [0.1, 0.15) is 18.4 Å². The summed E-state index contributed by atoms with van der Waals surface area (Å²) in [5, 5.41) is 13.5. The third-order valence-electron chi connectivity index (χ3n) is 3.47. The number of carbonyl (C=O) groups excluding carboxylic acids is 1. The molecule has 9 heteroatoms. The molecule has 1 aliphatic carbocycles. The van der Waals surface area contributed by atoms with E-state index in [0.717, 1.165) is 0 Å². The molecule has 0 radical (unpaired) electrons. The largest absolute Gasteiger partial charge is 0.462 e. The maximum absolute atomic E-state index is 12.3. The second-order valence-corrected chi connectivity index (χ2v) is 5.18. The zero-order valence-electron chi connectivity index (χ0n) is 12.1. The van der Waals surface area contributed by atoms with Crippen LogP contribution in [0.2, 0.25) is 0 Å². The zero-order chi connectivity index (χ0) is 16.9. The van der Waals surface area contributed by atoms with E-state index in [4.69, 9.17) is 10.00 Å². The second kappa shape index (κ2) is 7.17. The van der Waals surface area contributed by atoms with Gasteiger partial charge in [0.05, 0.1) is 5.92 Å². The zero-order valence-corrected chi connectivity index (χ0v) is 12.1. The van der Waals surface area contributed by atoms with Crippen molar-refractivity contribution in [2.24, 2.45) is 5.92 Å². The van der Waals surface area contributed by atoms with Crippen LogP contribution >= 0.6 is 0 Å². The number of carbonyl (C=O) groups is 1. The molecule has 6 nitrogen and oxygen atoms in total. The van der Waals surface area contributed by atoms with Gasteiger partial charge in [-0.1, -0.05) is 0 Å². The van der Waals surface area contributed by atoms with Gasteiger partial charge in [-0.2, -0.15) is 18.4 Å². The maximum Gasteiger partial charge on any atom is 0.391 e. The van der Waals surface area contributed by atoms with Gasteiger partial charge in [-0.05, 0) is 24.5 Å². The van der Waals surface area contributed by atoms with E-state index in [-0.39, 0.29) is 31.9 Å². The van der Waals surface area contributed by atoms with Gasteiger partial charge < -0.3 is 15.4 Å². The van der Waals surface area contributed by atoms with Crippen molar-refractivity contribution in [2.45, 2.75) is 31.6 Å². The molecule has 0 bridgehead atoms. The quantitative estimate of drug-likeness (QED) is 0.867. The van der Waals surface area contributed by atoms with E-state index in [9.17, 15) is 18.0 Å². The first-order chi connectivity index (χ1) is 10.9. The van der Waals surface area contributed by atoms with Crippen molar-refractivity contribution in [2.75, 3.05) is 6.61 Å². The summed E-state index contributed by atoms with van der Waals surface area (Å²) >= 11 is 0. The molecule has 1 heterocycles. The van der Waals surface area contributed by atoms with Crippen molar-refractivity contribution in [3.63, 3.8) is 0 Å². The number of aromatic nitrogens is 1. The average Bonchev–Trinajstić information content (AvgIpc) is 2.45. The third kappa shape index (κ3) is 5.02. The molecule has 0 aliphatic heterocycles. The molecule has 1 aromatic heterocycles. The average molecular weight is 328 g/mol. The Bertz CT molecular complexity index is 594. The van der Waals surface area contributed by atoms with E-state index in [0.29, 0.717) is 5.56 Å². The molecule has 2 amide bonds. The van der Waals surface area contributed by atoms with Crippen molar-refractivity contribution in [3.8, 4) is 11.9 Å². The topological polar surface area (TPSA) is 87.0 Å². The van der Waals surface area contributed by atoms with Gasteiger partial charge in [-0.15, -0.1) is 0 Å². The Kier molecular flexibility index (Phi) is 5.26. The van der Waals surface area contributed by atoms with Gasteiger partial charge in [0.1, 0.15) is 6.07 Å². The molecule has 1 aliphatic rings. The molecule has 124 valence electrons. The number of hydrogen-bond acceptors (Lipinski definition) is 4. The van der Waals surface area contributed by atoms with Crippen molar-refractivity contribution >= 4 is 6.03 Å². The first kappa shape index (κ1) is 16.9. The minimum absolute atomic E-state index is 0.0850. The lowest BCUT2D eigenvalue weighted by molar-refractivity contribution is -0.198. The number of halogens is 3. The summed E-state index contributed by atoms with van der Waals surface area (Å²) in [5.74, 6) is -1.06. The molecule has 0 spiro atoms. The monoisotopic (exact) mass is 328 g/mol. The van der Waals surface area contributed by atoms with E-state index >= 15 is 0 Å². The number of nitriles is 1. The number of urea groups is 1. The number of ether oxygens (including phenoxy) is 1. The summed E-state index contributed by atoms with van der Waals surface area (Å²) in [6.07, 6.45) is -2.89. The summed E-state index contributed by atoms with van der Waals surface area (Å²) in [7, 11) is 0. The molecule has 2 N–H and O–H groups in total. The van der Waals surface area contributed by atoms with Crippen LogP contribution in [0, 0.1) is 17.2 Å². The number of pyridine rings is 1. The van der Waals surface area contributed by atoms with Crippen LogP contribution in [0.3, 0.4) is 0 Å². The Morgan fingerprint density at radius 2 is 2.22 bits per heavy atom. The first-order valence-electron chi connectivity index (χ1n) is 6.94. The molecular weight excluding hydrogens is 313 g/mol. The number of nitrogens with one attached hydrogen (secondary N) is 2. The number of rotatable bonds is 5. The minimum atomic E-state index is -4.19. The molecule has 1 aromatic rings. The lowest BCUT2D eigenvalue weighted by Gasteiger charge is -2.36. The van der Waals surface area contributed by atoms with Gasteiger partial charge in [-0.25, -0.2) is 9.78 Å². The lowest BCUT2D eigenvalue weighted by Crippen LogP contribution is -2.51. The number of hydrogen-bond donors (Lipinski definition) is 2. The van der Waals surface area contributed by atoms with Gasteiger partial charge in [0.2, 0.25) is 5.88 Å². The number of amides is 2. The van der Waals surface area contributed by atoms with E-state index in [1.54, 1.807) is 12.1 Å². The van der Waals surface area contributed by atoms with Crippen molar-refractivity contribution < 1.29 is 22.7 Å². The van der Waals surface area contributed by atoms with E-state index < -0.39 is 24.2 Å². The molecule has 1 fully saturated rings. The lowest BCUT2D eigenvalue weighted by atomic mass is 9.80. The number of alkyl halides is 3. The highest BCUT2D eigenvalue weighted by atomic mass is 19.4. The van der Waals surface area contributed by atoms with Gasteiger partial charge in [0.25, 0.3) is 0 Å². The van der Waals surface area contributed by atoms with Gasteiger partial charge >= 0.3 is 12.2 Å². The molecule has 2 rings (SSSR count). The van der Waals surface area contributed by atoms with E-state index in [2.05, 4.69) is 15.6 Å². The summed E-state index contributed by atoms with van der Waals surface area (Å²) in [4.78, 5) is 15.5.